The van der Waals surface area contributed by atoms with Crippen LogP contribution in [0.1, 0.15) is 43.2 Å². The van der Waals surface area contributed by atoms with Crippen LogP contribution in [0.5, 0.6) is 5.75 Å². The molecule has 33 heavy (non-hydrogen) atoms. The Bertz CT molecular complexity index is 1020. The predicted molar refractivity (Wildman–Crippen MR) is 126 cm³/mol. The third-order valence-corrected chi connectivity index (χ3v) is 5.85. The van der Waals surface area contributed by atoms with Crippen molar-refractivity contribution in [1.82, 2.24) is 10.2 Å². The van der Waals surface area contributed by atoms with E-state index < -0.39 is 0 Å². The summed E-state index contributed by atoms with van der Waals surface area (Å²) in [5.74, 6) is 0.747. The number of nitrogens with one attached hydrogen (secondary N) is 3. The van der Waals surface area contributed by atoms with Gasteiger partial charge in [0.25, 0.3) is 0 Å². The lowest BCUT2D eigenvalue weighted by Crippen LogP contribution is -2.32. The Morgan fingerprint density at radius 2 is 1.91 bits per heavy atom. The topological polar surface area (TPSA) is 99.8 Å². The van der Waals surface area contributed by atoms with Crippen molar-refractivity contribution in [1.29, 1.82) is 0 Å². The Morgan fingerprint density at radius 3 is 2.76 bits per heavy atom. The molecule has 0 spiro atoms. The molecule has 8 heteroatoms. The molecule has 2 aromatic rings. The van der Waals surface area contributed by atoms with Crippen LogP contribution in [-0.4, -0.2) is 42.4 Å². The maximum Gasteiger partial charge on any atom is 0.321 e. The van der Waals surface area contributed by atoms with Gasteiger partial charge in [-0.15, -0.1) is 0 Å². The molecule has 1 fully saturated rings. The fourth-order valence-electron chi connectivity index (χ4n) is 4.04. The average Bonchev–Trinajstić information content (AvgIpc) is 3.36. The summed E-state index contributed by atoms with van der Waals surface area (Å²) in [6.07, 6.45) is 4.28. The molecule has 0 atom stereocenters. The molecule has 4 amide bonds. The fourth-order valence-corrected chi connectivity index (χ4v) is 4.04. The van der Waals surface area contributed by atoms with E-state index in [9.17, 15) is 14.4 Å². The van der Waals surface area contributed by atoms with E-state index in [0.717, 1.165) is 54.2 Å². The molecule has 2 heterocycles. The van der Waals surface area contributed by atoms with Gasteiger partial charge in [0.15, 0.2) is 0 Å². The van der Waals surface area contributed by atoms with Gasteiger partial charge in [-0.1, -0.05) is 12.1 Å². The van der Waals surface area contributed by atoms with Gasteiger partial charge in [-0.05, 0) is 67.1 Å². The first-order valence-electron chi connectivity index (χ1n) is 11.5. The maximum absolute atomic E-state index is 12.2. The number of carbonyl (C=O) groups is 3. The van der Waals surface area contributed by atoms with E-state index in [-0.39, 0.29) is 17.8 Å². The van der Waals surface area contributed by atoms with Crippen LogP contribution in [0, 0.1) is 0 Å². The standard InChI is InChI=1S/C25H30N4O4/c30-23(7-4-14-33-21-9-10-22-19(16-21)8-11-24(31)28-22)26-17-18-5-3-6-20(15-18)27-25(32)29-12-1-2-13-29/h3,5-6,9-10,15-16H,1-2,4,7-8,11-14,17H2,(H,26,30)(H,27,32)(H,28,31). The Labute approximate surface area is 193 Å². The molecule has 2 aromatic carbocycles. The molecule has 3 N–H and O–H groups in total. The van der Waals surface area contributed by atoms with Crippen LogP contribution >= 0.6 is 0 Å². The van der Waals surface area contributed by atoms with Crippen molar-refractivity contribution < 1.29 is 19.1 Å². The van der Waals surface area contributed by atoms with Crippen LogP contribution in [0.4, 0.5) is 16.2 Å². The lowest BCUT2D eigenvalue weighted by Gasteiger charge is -2.17. The second-order valence-electron chi connectivity index (χ2n) is 8.42. The zero-order chi connectivity index (χ0) is 23.0. The van der Waals surface area contributed by atoms with Crippen molar-refractivity contribution in [3.63, 3.8) is 0 Å². The normalized spacial score (nSPS) is 14.9. The smallest absolute Gasteiger partial charge is 0.321 e. The third-order valence-electron chi connectivity index (χ3n) is 5.85. The van der Waals surface area contributed by atoms with Gasteiger partial charge >= 0.3 is 6.03 Å². The number of aryl methyl sites for hydroxylation is 1. The summed E-state index contributed by atoms with van der Waals surface area (Å²) in [5, 5.41) is 8.70. The van der Waals surface area contributed by atoms with Gasteiger partial charge in [-0.25, -0.2) is 4.79 Å². The fraction of sp³-hybridized carbons (Fsp3) is 0.400. The van der Waals surface area contributed by atoms with Crippen LogP contribution in [0.15, 0.2) is 42.5 Å². The van der Waals surface area contributed by atoms with Gasteiger partial charge in [-0.3, -0.25) is 9.59 Å². The quantitative estimate of drug-likeness (QED) is 0.534. The van der Waals surface area contributed by atoms with Gasteiger partial charge in [-0.2, -0.15) is 0 Å². The molecule has 0 aliphatic carbocycles. The minimum absolute atomic E-state index is 0.0424. The first-order chi connectivity index (χ1) is 16.1. The Morgan fingerprint density at radius 1 is 1.06 bits per heavy atom. The van der Waals surface area contributed by atoms with Crippen LogP contribution < -0.4 is 20.7 Å². The lowest BCUT2D eigenvalue weighted by molar-refractivity contribution is -0.121. The van der Waals surface area contributed by atoms with E-state index >= 15 is 0 Å². The number of amides is 4. The number of anilines is 2. The summed E-state index contributed by atoms with van der Waals surface area (Å²) in [4.78, 5) is 37.7. The Kier molecular flexibility index (Phi) is 7.44. The molecular formula is C25H30N4O4. The van der Waals surface area contributed by atoms with Gasteiger partial charge in [0, 0.05) is 43.9 Å². The van der Waals surface area contributed by atoms with Gasteiger partial charge in [0.2, 0.25) is 11.8 Å². The van der Waals surface area contributed by atoms with Crippen molar-refractivity contribution in [3.05, 3.63) is 53.6 Å². The number of hydrogen-bond donors (Lipinski definition) is 3. The molecule has 8 nitrogen and oxygen atoms in total. The maximum atomic E-state index is 12.2. The summed E-state index contributed by atoms with van der Waals surface area (Å²) in [7, 11) is 0. The summed E-state index contributed by atoms with van der Waals surface area (Å²) in [5.41, 5.74) is 3.58. The SMILES string of the molecule is O=C(CCCOc1ccc2c(c1)CCC(=O)N2)NCc1cccc(NC(=O)N2CCCC2)c1. The number of hydrogen-bond acceptors (Lipinski definition) is 4. The number of nitrogens with zero attached hydrogens (tertiary/aromatic N) is 1. The highest BCUT2D eigenvalue weighted by atomic mass is 16.5. The van der Waals surface area contributed by atoms with Gasteiger partial charge in [0.1, 0.15) is 5.75 Å². The van der Waals surface area contributed by atoms with Gasteiger partial charge < -0.3 is 25.6 Å². The largest absolute Gasteiger partial charge is 0.494 e. The van der Waals surface area contributed by atoms with Crippen molar-refractivity contribution in [2.45, 2.75) is 45.1 Å². The van der Waals surface area contributed by atoms with Crippen molar-refractivity contribution in [2.24, 2.45) is 0 Å². The van der Waals surface area contributed by atoms with Gasteiger partial charge in [0.05, 0.1) is 6.61 Å². The molecule has 4 rings (SSSR count). The number of carbonyl (C=O) groups excluding carboxylic acids is 3. The molecule has 0 bridgehead atoms. The predicted octanol–water partition coefficient (Wildman–Crippen LogP) is 3.67. The highest BCUT2D eigenvalue weighted by Crippen LogP contribution is 2.26. The molecule has 2 aliphatic heterocycles. The second kappa shape index (κ2) is 10.8. The van der Waals surface area contributed by atoms with Crippen LogP contribution in [0.3, 0.4) is 0 Å². The Hall–Kier alpha value is -3.55. The minimum Gasteiger partial charge on any atom is -0.494 e. The van der Waals surface area contributed by atoms with E-state index in [1.54, 1.807) is 0 Å². The molecule has 1 saturated heterocycles. The zero-order valence-corrected chi connectivity index (χ0v) is 18.7. The molecule has 0 unspecified atom stereocenters. The van der Waals surface area contributed by atoms with Crippen molar-refractivity contribution in [3.8, 4) is 5.75 Å². The first kappa shape index (κ1) is 22.6. The summed E-state index contributed by atoms with van der Waals surface area (Å²) >= 11 is 0. The number of rotatable bonds is 8. The van der Waals surface area contributed by atoms with Crippen LogP contribution in [0.2, 0.25) is 0 Å². The molecule has 174 valence electrons. The first-order valence-corrected chi connectivity index (χ1v) is 11.5. The number of benzene rings is 2. The number of fused-ring (bicyclic) bond motifs is 1. The highest BCUT2D eigenvalue weighted by Gasteiger charge is 2.18. The van der Waals surface area contributed by atoms with E-state index in [1.807, 2.05) is 47.4 Å². The number of urea groups is 1. The molecule has 0 aromatic heterocycles. The zero-order valence-electron chi connectivity index (χ0n) is 18.7. The minimum atomic E-state index is -0.0719. The average molecular weight is 451 g/mol. The Balaban J connectivity index is 1.16. The molecular weight excluding hydrogens is 420 g/mol. The summed E-state index contributed by atoms with van der Waals surface area (Å²) in [6, 6.07) is 13.1. The second-order valence-corrected chi connectivity index (χ2v) is 8.42. The van der Waals surface area contributed by atoms with Crippen LogP contribution in [0.25, 0.3) is 0 Å². The lowest BCUT2D eigenvalue weighted by atomic mass is 10.0. The monoisotopic (exact) mass is 450 g/mol. The number of likely N-dealkylation sites (tertiary alicyclic amines) is 1. The number of ether oxygens (including phenoxy) is 1. The van der Waals surface area contributed by atoms with E-state index in [4.69, 9.17) is 4.74 Å². The molecule has 2 aliphatic rings. The van der Waals surface area contributed by atoms with E-state index in [2.05, 4.69) is 16.0 Å². The van der Waals surface area contributed by atoms with E-state index in [0.29, 0.717) is 38.8 Å². The summed E-state index contributed by atoms with van der Waals surface area (Å²) in [6.45, 7) is 2.45. The van der Waals surface area contributed by atoms with Crippen LogP contribution in [-0.2, 0) is 22.6 Å². The summed E-state index contributed by atoms with van der Waals surface area (Å²) < 4.78 is 5.77. The van der Waals surface area contributed by atoms with Crippen molar-refractivity contribution >= 4 is 29.2 Å². The third kappa shape index (κ3) is 6.47. The van der Waals surface area contributed by atoms with E-state index in [1.165, 1.54) is 0 Å². The van der Waals surface area contributed by atoms with Crippen molar-refractivity contribution in [2.75, 3.05) is 30.3 Å². The molecule has 0 saturated carbocycles. The highest BCUT2D eigenvalue weighted by molar-refractivity contribution is 5.94. The molecule has 0 radical (unpaired) electrons.